The number of carbonyl (C=O) groups is 2. The Labute approximate surface area is 113 Å². The summed E-state index contributed by atoms with van der Waals surface area (Å²) in [7, 11) is 0. The van der Waals surface area contributed by atoms with Crippen LogP contribution in [0.4, 0.5) is 5.69 Å². The highest BCUT2D eigenvalue weighted by atomic mass is 79.9. The fourth-order valence-corrected chi connectivity index (χ4v) is 1.78. The van der Waals surface area contributed by atoms with E-state index in [0.717, 1.165) is 4.47 Å². The fraction of sp³-hybridized carbons (Fsp3) is 0.333. The van der Waals surface area contributed by atoms with Crippen LogP contribution in [0, 0.1) is 0 Å². The monoisotopic (exact) mass is 315 g/mol. The number of rotatable bonds is 6. The number of halogens is 1. The Morgan fingerprint density at radius 2 is 2.22 bits per heavy atom. The molecule has 0 aliphatic rings. The Balaban J connectivity index is 2.69. The lowest BCUT2D eigenvalue weighted by Gasteiger charge is -2.15. The van der Waals surface area contributed by atoms with Crippen LogP contribution in [0.3, 0.4) is 0 Å². The maximum Gasteiger partial charge on any atom is 0.306 e. The van der Waals surface area contributed by atoms with Gasteiger partial charge in [0.2, 0.25) is 0 Å². The Hall–Kier alpha value is -1.40. The van der Waals surface area contributed by atoms with Gasteiger partial charge in [-0.3, -0.25) is 9.59 Å². The molecule has 5 nitrogen and oxygen atoms in total. The van der Waals surface area contributed by atoms with E-state index in [0.29, 0.717) is 5.69 Å². The summed E-state index contributed by atoms with van der Waals surface area (Å²) in [6.07, 6.45) is -1.33. The van der Waals surface area contributed by atoms with E-state index >= 15 is 0 Å². The van der Waals surface area contributed by atoms with Crippen molar-refractivity contribution in [2.75, 3.05) is 11.9 Å². The maximum atomic E-state index is 11.8. The van der Waals surface area contributed by atoms with E-state index in [2.05, 4.69) is 21.2 Å². The summed E-state index contributed by atoms with van der Waals surface area (Å²) in [6, 6.07) is 7.04. The van der Waals surface area contributed by atoms with Gasteiger partial charge < -0.3 is 15.2 Å². The van der Waals surface area contributed by atoms with Gasteiger partial charge in [-0.15, -0.1) is 0 Å². The Morgan fingerprint density at radius 3 is 2.78 bits per heavy atom. The number of hydrogen-bond acceptors (Lipinski definition) is 3. The number of aliphatic carboxylic acids is 1. The number of carboxylic acids is 1. The third-order valence-corrected chi connectivity index (χ3v) is 2.61. The number of ether oxygens (including phenoxy) is 1. The molecule has 1 aromatic rings. The van der Waals surface area contributed by atoms with Gasteiger partial charge in [0.15, 0.2) is 0 Å². The highest BCUT2D eigenvalue weighted by Crippen LogP contribution is 2.16. The van der Waals surface area contributed by atoms with Crippen molar-refractivity contribution in [3.63, 3.8) is 0 Å². The van der Waals surface area contributed by atoms with Crippen LogP contribution < -0.4 is 5.32 Å². The molecule has 1 rings (SSSR count). The summed E-state index contributed by atoms with van der Waals surface area (Å²) in [6.45, 7) is 1.99. The molecule has 0 spiro atoms. The van der Waals surface area contributed by atoms with Crippen LogP contribution >= 0.6 is 15.9 Å². The lowest BCUT2D eigenvalue weighted by Crippen LogP contribution is -2.32. The van der Waals surface area contributed by atoms with Gasteiger partial charge >= 0.3 is 5.97 Å². The molecule has 1 atom stereocenters. The van der Waals surface area contributed by atoms with Crippen LogP contribution in [-0.2, 0) is 14.3 Å². The SMILES string of the molecule is CCOC(CC(=O)O)C(=O)Nc1cccc(Br)c1. The number of benzene rings is 1. The molecule has 1 aromatic carbocycles. The molecular formula is C12H14BrNO4. The first-order valence-corrected chi connectivity index (χ1v) is 6.22. The topological polar surface area (TPSA) is 75.6 Å². The fourth-order valence-electron chi connectivity index (χ4n) is 1.38. The number of anilines is 1. The Bertz CT molecular complexity index is 436. The van der Waals surface area contributed by atoms with Gasteiger partial charge in [0.05, 0.1) is 6.42 Å². The Morgan fingerprint density at radius 1 is 1.50 bits per heavy atom. The summed E-state index contributed by atoms with van der Waals surface area (Å²) in [5.41, 5.74) is 0.587. The van der Waals surface area contributed by atoms with Gasteiger partial charge in [-0.05, 0) is 25.1 Å². The second kappa shape index (κ2) is 7.13. The number of carboxylic acid groups (broad SMARTS) is 1. The lowest BCUT2D eigenvalue weighted by atomic mass is 10.2. The Kier molecular flexibility index (Phi) is 5.80. The van der Waals surface area contributed by atoms with Crippen molar-refractivity contribution in [1.29, 1.82) is 0 Å². The zero-order valence-electron chi connectivity index (χ0n) is 9.85. The van der Waals surface area contributed by atoms with Crippen LogP contribution in [0.2, 0.25) is 0 Å². The van der Waals surface area contributed by atoms with Gasteiger partial charge in [0.25, 0.3) is 5.91 Å². The molecule has 1 unspecified atom stereocenters. The predicted molar refractivity (Wildman–Crippen MR) is 70.4 cm³/mol. The molecule has 0 fully saturated rings. The molecule has 0 aliphatic carbocycles. The minimum absolute atomic E-state index is 0.282. The van der Waals surface area contributed by atoms with E-state index in [4.69, 9.17) is 9.84 Å². The van der Waals surface area contributed by atoms with Crippen molar-refractivity contribution in [2.24, 2.45) is 0 Å². The zero-order valence-corrected chi connectivity index (χ0v) is 11.4. The molecule has 0 saturated carbocycles. The number of nitrogens with one attached hydrogen (secondary N) is 1. The minimum atomic E-state index is -1.07. The average Bonchev–Trinajstić information content (AvgIpc) is 2.27. The molecule has 0 saturated heterocycles. The van der Waals surface area contributed by atoms with Crippen LogP contribution in [0.15, 0.2) is 28.7 Å². The van der Waals surface area contributed by atoms with Crippen LogP contribution in [0.5, 0.6) is 0 Å². The molecule has 1 amide bonds. The predicted octanol–water partition coefficient (Wildman–Crippen LogP) is 2.27. The van der Waals surface area contributed by atoms with Crippen LogP contribution in [0.25, 0.3) is 0 Å². The summed E-state index contributed by atoms with van der Waals surface area (Å²) < 4.78 is 5.94. The highest BCUT2D eigenvalue weighted by molar-refractivity contribution is 9.10. The second-order valence-corrected chi connectivity index (χ2v) is 4.46. The van der Waals surface area contributed by atoms with Gasteiger partial charge in [0, 0.05) is 16.8 Å². The third-order valence-electron chi connectivity index (χ3n) is 2.11. The first-order valence-electron chi connectivity index (χ1n) is 5.42. The largest absolute Gasteiger partial charge is 0.481 e. The van der Waals surface area contributed by atoms with Crippen LogP contribution in [0.1, 0.15) is 13.3 Å². The highest BCUT2D eigenvalue weighted by Gasteiger charge is 2.22. The first-order chi connectivity index (χ1) is 8.52. The quantitative estimate of drug-likeness (QED) is 0.844. The molecule has 0 radical (unpaired) electrons. The molecular weight excluding hydrogens is 302 g/mol. The molecule has 0 bridgehead atoms. The van der Waals surface area contributed by atoms with Gasteiger partial charge in [0.1, 0.15) is 6.10 Å². The van der Waals surface area contributed by atoms with Gasteiger partial charge in [-0.1, -0.05) is 22.0 Å². The van der Waals surface area contributed by atoms with Crippen molar-refractivity contribution in [1.82, 2.24) is 0 Å². The van der Waals surface area contributed by atoms with E-state index in [1.54, 1.807) is 25.1 Å². The standard InChI is InChI=1S/C12H14BrNO4/c1-2-18-10(7-11(15)16)12(17)14-9-5-3-4-8(13)6-9/h3-6,10H,2,7H2,1H3,(H,14,17)(H,15,16). The molecule has 6 heteroatoms. The van der Waals surface area contributed by atoms with Crippen molar-refractivity contribution in [3.8, 4) is 0 Å². The molecule has 0 heterocycles. The normalized spacial score (nSPS) is 11.9. The lowest BCUT2D eigenvalue weighted by molar-refractivity contribution is -0.144. The smallest absolute Gasteiger partial charge is 0.306 e. The second-order valence-electron chi connectivity index (χ2n) is 3.54. The van der Waals surface area contributed by atoms with Crippen LogP contribution in [-0.4, -0.2) is 29.7 Å². The van der Waals surface area contributed by atoms with E-state index in [1.807, 2.05) is 6.07 Å². The van der Waals surface area contributed by atoms with Crippen molar-refractivity contribution >= 4 is 33.5 Å². The van der Waals surface area contributed by atoms with Gasteiger partial charge in [-0.25, -0.2) is 0 Å². The summed E-state index contributed by atoms with van der Waals surface area (Å²) in [4.78, 5) is 22.5. The summed E-state index contributed by atoms with van der Waals surface area (Å²) in [5, 5.41) is 11.3. The third kappa shape index (κ3) is 4.85. The van der Waals surface area contributed by atoms with E-state index in [-0.39, 0.29) is 13.0 Å². The van der Waals surface area contributed by atoms with E-state index in [1.165, 1.54) is 0 Å². The molecule has 98 valence electrons. The summed E-state index contributed by atoms with van der Waals surface area (Å²) >= 11 is 3.28. The van der Waals surface area contributed by atoms with E-state index in [9.17, 15) is 9.59 Å². The number of amides is 1. The van der Waals surface area contributed by atoms with Crippen molar-refractivity contribution < 1.29 is 19.4 Å². The van der Waals surface area contributed by atoms with E-state index < -0.39 is 18.0 Å². The van der Waals surface area contributed by atoms with Crippen molar-refractivity contribution in [3.05, 3.63) is 28.7 Å². The maximum absolute atomic E-state index is 11.8. The van der Waals surface area contributed by atoms with Gasteiger partial charge in [-0.2, -0.15) is 0 Å². The molecule has 18 heavy (non-hydrogen) atoms. The minimum Gasteiger partial charge on any atom is -0.481 e. The first kappa shape index (κ1) is 14.7. The van der Waals surface area contributed by atoms with Crippen molar-refractivity contribution in [2.45, 2.75) is 19.4 Å². The zero-order chi connectivity index (χ0) is 13.5. The number of hydrogen-bond donors (Lipinski definition) is 2. The molecule has 0 aliphatic heterocycles. The average molecular weight is 316 g/mol. The summed E-state index contributed by atoms with van der Waals surface area (Å²) in [5.74, 6) is -1.53. The number of carbonyl (C=O) groups excluding carboxylic acids is 1. The molecule has 0 aromatic heterocycles. The molecule has 2 N–H and O–H groups in total.